The quantitative estimate of drug-likeness (QED) is 0.303. The third-order valence-corrected chi connectivity index (χ3v) is 6.16. The highest BCUT2D eigenvalue weighted by molar-refractivity contribution is 5.88. The number of rotatable bonds is 14. The summed E-state index contributed by atoms with van der Waals surface area (Å²) in [5.74, 6) is 1.30. The molecule has 196 valence electrons. The van der Waals surface area contributed by atoms with Crippen LogP contribution in [0.25, 0.3) is 0 Å². The second kappa shape index (κ2) is 14.7. The monoisotopic (exact) mass is 502 g/mol. The minimum Gasteiger partial charge on any atom is -0.497 e. The molecule has 37 heavy (non-hydrogen) atoms. The van der Waals surface area contributed by atoms with E-state index >= 15 is 0 Å². The van der Waals surface area contributed by atoms with Crippen LogP contribution in [0.2, 0.25) is 0 Å². The van der Waals surface area contributed by atoms with Gasteiger partial charge in [0, 0.05) is 25.9 Å². The SMILES string of the molecule is CCCNC(=O)C(Cc1ccccc1)N(Cc1ccc(C)cc1)C(=O)CCCOc1ccc(OC)cc1. The van der Waals surface area contributed by atoms with Gasteiger partial charge in [0.05, 0.1) is 13.7 Å². The number of carbonyl (C=O) groups is 2. The number of nitrogens with one attached hydrogen (secondary N) is 1. The van der Waals surface area contributed by atoms with Crippen LogP contribution in [0.1, 0.15) is 42.9 Å². The van der Waals surface area contributed by atoms with Crippen molar-refractivity contribution < 1.29 is 19.1 Å². The molecule has 0 aliphatic heterocycles. The molecule has 0 heterocycles. The number of carbonyl (C=O) groups excluding carboxylic acids is 2. The molecular weight excluding hydrogens is 464 g/mol. The predicted molar refractivity (Wildman–Crippen MR) is 147 cm³/mol. The third kappa shape index (κ3) is 8.98. The number of nitrogens with zero attached hydrogens (tertiary/aromatic N) is 1. The molecular formula is C31H38N2O4. The molecule has 0 radical (unpaired) electrons. The van der Waals surface area contributed by atoms with Crippen molar-refractivity contribution in [2.75, 3.05) is 20.3 Å². The van der Waals surface area contributed by atoms with Crippen LogP contribution in [-0.2, 0) is 22.6 Å². The zero-order chi connectivity index (χ0) is 26.5. The smallest absolute Gasteiger partial charge is 0.243 e. The maximum atomic E-state index is 13.6. The Kier molecular flexibility index (Phi) is 11.0. The summed E-state index contributed by atoms with van der Waals surface area (Å²) >= 11 is 0. The molecule has 3 aromatic carbocycles. The van der Waals surface area contributed by atoms with Gasteiger partial charge in [-0.25, -0.2) is 0 Å². The standard InChI is InChI=1S/C31H38N2O4/c1-4-20-32-31(35)29(22-25-9-6-5-7-10-25)33(23-26-14-12-24(2)13-15-26)30(34)11-8-21-37-28-18-16-27(36-3)17-19-28/h5-7,9-10,12-19,29H,4,8,11,20-23H2,1-3H3,(H,32,35). The lowest BCUT2D eigenvalue weighted by Crippen LogP contribution is -2.50. The van der Waals surface area contributed by atoms with Gasteiger partial charge in [-0.15, -0.1) is 0 Å². The van der Waals surface area contributed by atoms with E-state index in [0.717, 1.165) is 34.6 Å². The topological polar surface area (TPSA) is 67.9 Å². The first-order chi connectivity index (χ1) is 18.0. The van der Waals surface area contributed by atoms with Crippen molar-refractivity contribution in [2.24, 2.45) is 0 Å². The van der Waals surface area contributed by atoms with Gasteiger partial charge < -0.3 is 19.7 Å². The summed E-state index contributed by atoms with van der Waals surface area (Å²) < 4.78 is 11.0. The van der Waals surface area contributed by atoms with E-state index in [4.69, 9.17) is 9.47 Å². The Balaban J connectivity index is 1.74. The van der Waals surface area contributed by atoms with E-state index in [1.165, 1.54) is 0 Å². The fraction of sp³-hybridized carbons (Fsp3) is 0.355. The van der Waals surface area contributed by atoms with E-state index < -0.39 is 6.04 Å². The van der Waals surface area contributed by atoms with Crippen molar-refractivity contribution in [1.82, 2.24) is 10.2 Å². The lowest BCUT2D eigenvalue weighted by Gasteiger charge is -2.31. The van der Waals surface area contributed by atoms with Gasteiger partial charge in [0.2, 0.25) is 11.8 Å². The van der Waals surface area contributed by atoms with E-state index in [-0.39, 0.29) is 18.2 Å². The number of hydrogen-bond acceptors (Lipinski definition) is 4. The van der Waals surface area contributed by atoms with Crippen LogP contribution in [0.15, 0.2) is 78.9 Å². The Hall–Kier alpha value is -3.80. The summed E-state index contributed by atoms with van der Waals surface area (Å²) in [5.41, 5.74) is 3.16. The van der Waals surface area contributed by atoms with E-state index in [9.17, 15) is 9.59 Å². The molecule has 0 fully saturated rings. The molecule has 0 aliphatic carbocycles. The maximum absolute atomic E-state index is 13.6. The van der Waals surface area contributed by atoms with Gasteiger partial charge in [-0.3, -0.25) is 9.59 Å². The third-order valence-electron chi connectivity index (χ3n) is 6.16. The second-order valence-electron chi connectivity index (χ2n) is 9.13. The van der Waals surface area contributed by atoms with Crippen molar-refractivity contribution in [3.8, 4) is 11.5 Å². The Morgan fingerprint density at radius 3 is 2.22 bits per heavy atom. The normalized spacial score (nSPS) is 11.4. The molecule has 3 aromatic rings. The van der Waals surface area contributed by atoms with Gasteiger partial charge in [-0.1, -0.05) is 67.1 Å². The van der Waals surface area contributed by atoms with Crippen molar-refractivity contribution in [2.45, 2.75) is 52.1 Å². The molecule has 1 N–H and O–H groups in total. The van der Waals surface area contributed by atoms with E-state index in [1.807, 2.05) is 92.7 Å². The summed E-state index contributed by atoms with van der Waals surface area (Å²) in [6.45, 7) is 5.40. The van der Waals surface area contributed by atoms with Crippen molar-refractivity contribution in [3.63, 3.8) is 0 Å². The molecule has 0 bridgehead atoms. The zero-order valence-corrected chi connectivity index (χ0v) is 22.1. The highest BCUT2D eigenvalue weighted by Crippen LogP contribution is 2.19. The van der Waals surface area contributed by atoms with E-state index in [2.05, 4.69) is 5.32 Å². The molecule has 6 heteroatoms. The zero-order valence-electron chi connectivity index (χ0n) is 22.1. The molecule has 0 aliphatic rings. The summed E-state index contributed by atoms with van der Waals surface area (Å²) in [7, 11) is 1.62. The molecule has 0 saturated carbocycles. The summed E-state index contributed by atoms with van der Waals surface area (Å²) in [4.78, 5) is 28.6. The van der Waals surface area contributed by atoms with Crippen LogP contribution in [0.4, 0.5) is 0 Å². The second-order valence-corrected chi connectivity index (χ2v) is 9.13. The number of amides is 2. The first kappa shape index (κ1) is 27.8. The number of ether oxygens (including phenoxy) is 2. The molecule has 0 saturated heterocycles. The molecule has 0 aromatic heterocycles. The number of methoxy groups -OCH3 is 1. The van der Waals surface area contributed by atoms with Crippen molar-refractivity contribution in [3.05, 3.63) is 95.6 Å². The Bertz CT molecular complexity index is 1100. The number of benzene rings is 3. The van der Waals surface area contributed by atoms with Gasteiger partial charge in [0.25, 0.3) is 0 Å². The molecule has 6 nitrogen and oxygen atoms in total. The van der Waals surface area contributed by atoms with Crippen LogP contribution >= 0.6 is 0 Å². The molecule has 1 atom stereocenters. The van der Waals surface area contributed by atoms with E-state index in [0.29, 0.717) is 32.5 Å². The predicted octanol–water partition coefficient (Wildman–Crippen LogP) is 5.33. The summed E-state index contributed by atoms with van der Waals surface area (Å²) in [5, 5.41) is 3.01. The van der Waals surface area contributed by atoms with Crippen LogP contribution < -0.4 is 14.8 Å². The van der Waals surface area contributed by atoms with Crippen LogP contribution in [0, 0.1) is 6.92 Å². The lowest BCUT2D eigenvalue weighted by molar-refractivity contribution is -0.141. The van der Waals surface area contributed by atoms with Gasteiger partial charge in [0.1, 0.15) is 17.5 Å². The molecule has 0 spiro atoms. The van der Waals surface area contributed by atoms with Gasteiger partial charge >= 0.3 is 0 Å². The lowest BCUT2D eigenvalue weighted by atomic mass is 10.0. The van der Waals surface area contributed by atoms with Crippen molar-refractivity contribution >= 4 is 11.8 Å². The highest BCUT2D eigenvalue weighted by atomic mass is 16.5. The van der Waals surface area contributed by atoms with Gasteiger partial charge in [-0.2, -0.15) is 0 Å². The summed E-state index contributed by atoms with van der Waals surface area (Å²) in [6, 6.07) is 24.7. The highest BCUT2D eigenvalue weighted by Gasteiger charge is 2.30. The Morgan fingerprint density at radius 1 is 0.892 bits per heavy atom. The van der Waals surface area contributed by atoms with E-state index in [1.54, 1.807) is 12.0 Å². The fourth-order valence-electron chi connectivity index (χ4n) is 4.04. The first-order valence-electron chi connectivity index (χ1n) is 12.9. The van der Waals surface area contributed by atoms with Gasteiger partial charge in [0.15, 0.2) is 0 Å². The molecule has 1 unspecified atom stereocenters. The van der Waals surface area contributed by atoms with Crippen LogP contribution in [-0.4, -0.2) is 43.0 Å². The molecule has 2 amide bonds. The fourth-order valence-corrected chi connectivity index (χ4v) is 4.04. The number of hydrogen-bond donors (Lipinski definition) is 1. The van der Waals surface area contributed by atoms with Crippen LogP contribution in [0.3, 0.4) is 0 Å². The largest absolute Gasteiger partial charge is 0.497 e. The Labute approximate surface area is 220 Å². The van der Waals surface area contributed by atoms with Crippen molar-refractivity contribution in [1.29, 1.82) is 0 Å². The molecule has 3 rings (SSSR count). The number of aryl methyl sites for hydroxylation is 1. The maximum Gasteiger partial charge on any atom is 0.243 e. The average Bonchev–Trinajstić information content (AvgIpc) is 2.93. The summed E-state index contributed by atoms with van der Waals surface area (Å²) in [6.07, 6.45) is 2.12. The average molecular weight is 503 g/mol. The van der Waals surface area contributed by atoms with Crippen LogP contribution in [0.5, 0.6) is 11.5 Å². The minimum atomic E-state index is -0.606. The Morgan fingerprint density at radius 2 is 1.57 bits per heavy atom. The first-order valence-corrected chi connectivity index (χ1v) is 12.9. The minimum absolute atomic E-state index is 0.0634. The van der Waals surface area contributed by atoms with Gasteiger partial charge in [-0.05, 0) is 55.2 Å².